The van der Waals surface area contributed by atoms with Crippen LogP contribution < -0.4 is 10.6 Å². The predicted octanol–water partition coefficient (Wildman–Crippen LogP) is 1.21. The van der Waals surface area contributed by atoms with Gasteiger partial charge in [0.15, 0.2) is 0 Å². The number of hydrogen-bond acceptors (Lipinski definition) is 3. The van der Waals surface area contributed by atoms with E-state index in [-0.39, 0.29) is 23.9 Å². The highest BCUT2D eigenvalue weighted by Crippen LogP contribution is 2.29. The summed E-state index contributed by atoms with van der Waals surface area (Å²) in [5.41, 5.74) is 0. The number of urea groups is 1. The van der Waals surface area contributed by atoms with E-state index in [1.165, 1.54) is 0 Å². The molecular weight excluding hydrogens is 248 g/mol. The van der Waals surface area contributed by atoms with Gasteiger partial charge in [-0.05, 0) is 25.7 Å². The zero-order valence-corrected chi connectivity index (χ0v) is 11.6. The lowest BCUT2D eigenvalue weighted by molar-refractivity contribution is -0.144. The quantitative estimate of drug-likeness (QED) is 0.678. The molecule has 0 radical (unpaired) electrons. The molecule has 0 aromatic carbocycles. The molecule has 19 heavy (non-hydrogen) atoms. The first-order valence-electron chi connectivity index (χ1n) is 6.80. The first-order valence-corrected chi connectivity index (χ1v) is 6.80. The van der Waals surface area contributed by atoms with Gasteiger partial charge in [-0.1, -0.05) is 12.8 Å². The van der Waals surface area contributed by atoms with Crippen LogP contribution in [0.1, 0.15) is 32.6 Å². The topological polar surface area (TPSA) is 87.7 Å². The summed E-state index contributed by atoms with van der Waals surface area (Å²) in [6.07, 6.45) is 3.58. The van der Waals surface area contributed by atoms with Gasteiger partial charge in [-0.3, -0.25) is 4.79 Å². The van der Waals surface area contributed by atoms with Gasteiger partial charge in [0.2, 0.25) is 0 Å². The molecule has 6 nitrogen and oxygen atoms in total. The number of rotatable bonds is 6. The third-order valence-corrected chi connectivity index (χ3v) is 3.55. The Morgan fingerprint density at radius 3 is 2.68 bits per heavy atom. The van der Waals surface area contributed by atoms with E-state index in [4.69, 9.17) is 9.84 Å². The highest BCUT2D eigenvalue weighted by Gasteiger charge is 2.30. The Hall–Kier alpha value is -1.30. The van der Waals surface area contributed by atoms with Crippen LogP contribution in [0, 0.1) is 11.8 Å². The normalized spacial score (nSPS) is 24.5. The predicted molar refractivity (Wildman–Crippen MR) is 71.0 cm³/mol. The molecule has 1 saturated carbocycles. The summed E-state index contributed by atoms with van der Waals surface area (Å²) in [6.45, 7) is 2.72. The second-order valence-corrected chi connectivity index (χ2v) is 5.20. The Kier molecular flexibility index (Phi) is 6.62. The van der Waals surface area contributed by atoms with Crippen molar-refractivity contribution in [1.29, 1.82) is 0 Å². The number of ether oxygens (including phenoxy) is 1. The minimum Gasteiger partial charge on any atom is -0.481 e. The van der Waals surface area contributed by atoms with Crippen LogP contribution in [0.25, 0.3) is 0 Å². The largest absolute Gasteiger partial charge is 0.481 e. The molecule has 0 saturated heterocycles. The second kappa shape index (κ2) is 7.99. The van der Waals surface area contributed by atoms with Crippen molar-refractivity contribution in [3.8, 4) is 0 Å². The highest BCUT2D eigenvalue weighted by molar-refractivity contribution is 5.74. The number of amides is 2. The number of methoxy groups -OCH3 is 1. The summed E-state index contributed by atoms with van der Waals surface area (Å²) in [4.78, 5) is 22.7. The van der Waals surface area contributed by atoms with Crippen LogP contribution in [-0.4, -0.2) is 43.4 Å². The van der Waals surface area contributed by atoms with Gasteiger partial charge < -0.3 is 20.5 Å². The third kappa shape index (κ3) is 5.46. The van der Waals surface area contributed by atoms with Crippen molar-refractivity contribution >= 4 is 12.0 Å². The molecule has 3 N–H and O–H groups in total. The molecule has 0 bridgehead atoms. The first-order chi connectivity index (χ1) is 9.04. The standard InChI is InChI=1S/C13H24N2O4/c1-9(8-19-2)15-13(18)14-7-10-5-3-4-6-11(10)12(16)17/h9-11H,3-8H2,1-2H3,(H,16,17)(H2,14,15,18). The van der Waals surface area contributed by atoms with Crippen molar-refractivity contribution < 1.29 is 19.4 Å². The Balaban J connectivity index is 2.33. The Labute approximate surface area is 113 Å². The van der Waals surface area contributed by atoms with E-state index in [9.17, 15) is 9.59 Å². The molecule has 3 unspecified atom stereocenters. The Morgan fingerprint density at radius 2 is 2.05 bits per heavy atom. The van der Waals surface area contributed by atoms with Crippen molar-refractivity contribution in [2.24, 2.45) is 11.8 Å². The molecule has 110 valence electrons. The average Bonchev–Trinajstić information content (AvgIpc) is 2.36. The summed E-state index contributed by atoms with van der Waals surface area (Å²) < 4.78 is 4.93. The molecule has 0 aliphatic heterocycles. The molecule has 0 aromatic rings. The molecule has 0 aromatic heterocycles. The van der Waals surface area contributed by atoms with Gasteiger partial charge in [0.25, 0.3) is 0 Å². The molecule has 1 rings (SSSR count). The van der Waals surface area contributed by atoms with Gasteiger partial charge in [-0.2, -0.15) is 0 Å². The van der Waals surface area contributed by atoms with Crippen molar-refractivity contribution in [2.75, 3.05) is 20.3 Å². The van der Waals surface area contributed by atoms with Crippen molar-refractivity contribution in [3.63, 3.8) is 0 Å². The molecular formula is C13H24N2O4. The van der Waals surface area contributed by atoms with E-state index < -0.39 is 5.97 Å². The summed E-state index contributed by atoms with van der Waals surface area (Å²) >= 11 is 0. The van der Waals surface area contributed by atoms with Gasteiger partial charge >= 0.3 is 12.0 Å². The first kappa shape index (κ1) is 15.8. The van der Waals surface area contributed by atoms with E-state index in [0.29, 0.717) is 19.6 Å². The molecule has 6 heteroatoms. The fourth-order valence-corrected chi connectivity index (χ4v) is 2.57. The van der Waals surface area contributed by atoms with Crippen LogP contribution in [-0.2, 0) is 9.53 Å². The van der Waals surface area contributed by atoms with E-state index in [1.54, 1.807) is 7.11 Å². The zero-order valence-electron chi connectivity index (χ0n) is 11.6. The molecule has 1 fully saturated rings. The molecule has 2 amide bonds. The van der Waals surface area contributed by atoms with E-state index in [0.717, 1.165) is 19.3 Å². The van der Waals surface area contributed by atoms with Crippen LogP contribution >= 0.6 is 0 Å². The van der Waals surface area contributed by atoms with E-state index >= 15 is 0 Å². The molecule has 0 spiro atoms. The van der Waals surface area contributed by atoms with Crippen molar-refractivity contribution in [3.05, 3.63) is 0 Å². The maximum Gasteiger partial charge on any atom is 0.315 e. The number of aliphatic carboxylic acids is 1. The monoisotopic (exact) mass is 272 g/mol. The summed E-state index contributed by atoms with van der Waals surface area (Å²) in [5, 5.41) is 14.6. The SMILES string of the molecule is COCC(C)NC(=O)NCC1CCCCC1C(=O)O. The Morgan fingerprint density at radius 1 is 1.37 bits per heavy atom. The van der Waals surface area contributed by atoms with E-state index in [1.807, 2.05) is 6.92 Å². The molecule has 1 aliphatic carbocycles. The van der Waals surface area contributed by atoms with Gasteiger partial charge in [0.05, 0.1) is 18.6 Å². The van der Waals surface area contributed by atoms with E-state index in [2.05, 4.69) is 10.6 Å². The number of carbonyl (C=O) groups is 2. The van der Waals surface area contributed by atoms with Crippen LogP contribution in [0.2, 0.25) is 0 Å². The summed E-state index contributed by atoms with van der Waals surface area (Å²) in [6, 6.07) is -0.328. The molecule has 0 heterocycles. The third-order valence-electron chi connectivity index (χ3n) is 3.55. The number of hydrogen-bond donors (Lipinski definition) is 3. The fraction of sp³-hybridized carbons (Fsp3) is 0.846. The van der Waals surface area contributed by atoms with Crippen LogP contribution in [0.3, 0.4) is 0 Å². The number of carbonyl (C=O) groups excluding carboxylic acids is 1. The Bertz CT molecular complexity index is 309. The number of carboxylic acids is 1. The lowest BCUT2D eigenvalue weighted by Crippen LogP contribution is -2.45. The van der Waals surface area contributed by atoms with Crippen molar-refractivity contribution in [1.82, 2.24) is 10.6 Å². The number of carboxylic acid groups (broad SMARTS) is 1. The molecule has 1 aliphatic rings. The highest BCUT2D eigenvalue weighted by atomic mass is 16.5. The summed E-state index contributed by atoms with van der Waals surface area (Å²) in [7, 11) is 1.58. The van der Waals surface area contributed by atoms with Gasteiger partial charge in [-0.15, -0.1) is 0 Å². The maximum atomic E-state index is 11.6. The van der Waals surface area contributed by atoms with Gasteiger partial charge in [-0.25, -0.2) is 4.79 Å². The zero-order chi connectivity index (χ0) is 14.3. The van der Waals surface area contributed by atoms with Crippen LogP contribution in [0.4, 0.5) is 4.79 Å². The lowest BCUT2D eigenvalue weighted by Gasteiger charge is -2.28. The van der Waals surface area contributed by atoms with Crippen LogP contribution in [0.15, 0.2) is 0 Å². The minimum atomic E-state index is -0.750. The van der Waals surface area contributed by atoms with Crippen LogP contribution in [0.5, 0.6) is 0 Å². The fourth-order valence-electron chi connectivity index (χ4n) is 2.57. The molecule has 3 atom stereocenters. The summed E-state index contributed by atoms with van der Waals surface area (Å²) in [5.74, 6) is -1.04. The maximum absolute atomic E-state index is 11.6. The van der Waals surface area contributed by atoms with Gasteiger partial charge in [0, 0.05) is 13.7 Å². The van der Waals surface area contributed by atoms with Crippen molar-refractivity contribution in [2.45, 2.75) is 38.6 Å². The smallest absolute Gasteiger partial charge is 0.315 e. The van der Waals surface area contributed by atoms with Gasteiger partial charge in [0.1, 0.15) is 0 Å². The second-order valence-electron chi connectivity index (χ2n) is 5.20. The minimum absolute atomic E-state index is 0.0368. The number of nitrogens with one attached hydrogen (secondary N) is 2. The lowest BCUT2D eigenvalue weighted by atomic mass is 9.79. The average molecular weight is 272 g/mol.